The summed E-state index contributed by atoms with van der Waals surface area (Å²) in [4.78, 5) is 40.4. The molecule has 2 aliphatic rings. The Bertz CT molecular complexity index is 1730. The minimum absolute atomic E-state index is 0.234. The smallest absolute Gasteiger partial charge is 0.475 e. The van der Waals surface area contributed by atoms with Gasteiger partial charge in [0.15, 0.2) is 0 Å². The minimum Gasteiger partial charge on any atom is -0.475 e. The summed E-state index contributed by atoms with van der Waals surface area (Å²) in [5, 5.41) is 19.9. The standard InChI is InChI=1S/C33H40F3N5O4.C2HF3O2/c1-32(2,3)41(31(43)44)13-12-25-19-37-30(42)29-28(23-10-8-22(9-11-23)20-39-16-14-38(4)15-17-39)27(21-40(25)29)24-6-5-7-26(18-24)45-33(34,35)36;3-2(4,5)1(6)7/h5-11,18,21,25H,12-17,19-20H2,1-4H3,(H,37,42)(H,43,44);(H,6,7)/t25-;/m0./s1. The first kappa shape index (κ1) is 40.0. The first-order chi connectivity index (χ1) is 24.1. The number of benzene rings is 2. The first-order valence-corrected chi connectivity index (χ1v) is 16.3. The molecule has 0 spiro atoms. The van der Waals surface area contributed by atoms with Crippen LogP contribution < -0.4 is 10.1 Å². The number of hydrogen-bond donors (Lipinski definition) is 3. The molecule has 2 aromatic carbocycles. The van der Waals surface area contributed by atoms with Crippen LogP contribution in [0.3, 0.4) is 0 Å². The summed E-state index contributed by atoms with van der Waals surface area (Å²) in [6, 6.07) is 13.4. The van der Waals surface area contributed by atoms with Crippen molar-refractivity contribution in [3.05, 3.63) is 66.0 Å². The molecule has 3 N–H and O–H groups in total. The van der Waals surface area contributed by atoms with E-state index in [1.807, 2.05) is 49.6 Å². The van der Waals surface area contributed by atoms with Crippen LogP contribution in [0, 0.1) is 0 Å². The number of nitrogens with zero attached hydrogens (tertiary/aromatic N) is 4. The van der Waals surface area contributed by atoms with Gasteiger partial charge >= 0.3 is 24.6 Å². The summed E-state index contributed by atoms with van der Waals surface area (Å²) in [5.74, 6) is -3.42. The Morgan fingerprint density at radius 1 is 0.942 bits per heavy atom. The van der Waals surface area contributed by atoms with E-state index in [0.717, 1.165) is 43.9 Å². The van der Waals surface area contributed by atoms with Crippen LogP contribution in [0.1, 0.15) is 49.3 Å². The molecule has 11 nitrogen and oxygen atoms in total. The molecule has 0 radical (unpaired) electrons. The summed E-state index contributed by atoms with van der Waals surface area (Å²) < 4.78 is 77.1. The van der Waals surface area contributed by atoms with Crippen molar-refractivity contribution < 1.29 is 55.7 Å². The molecule has 1 aromatic heterocycles. The molecule has 1 fully saturated rings. The lowest BCUT2D eigenvalue weighted by atomic mass is 9.95. The molecule has 2 aliphatic heterocycles. The molecule has 0 saturated carbocycles. The largest absolute Gasteiger partial charge is 0.573 e. The molecule has 1 saturated heterocycles. The van der Waals surface area contributed by atoms with Crippen LogP contribution in [0.2, 0.25) is 0 Å². The van der Waals surface area contributed by atoms with Gasteiger partial charge in [-0.2, -0.15) is 13.2 Å². The second-order valence-corrected chi connectivity index (χ2v) is 13.6. The van der Waals surface area contributed by atoms with Crippen molar-refractivity contribution in [2.45, 2.75) is 57.9 Å². The molecule has 5 rings (SSSR count). The number of piperazine rings is 1. The highest BCUT2D eigenvalue weighted by molar-refractivity contribution is 6.05. The highest BCUT2D eigenvalue weighted by atomic mass is 19.4. The van der Waals surface area contributed by atoms with Gasteiger partial charge in [0.25, 0.3) is 5.91 Å². The van der Waals surface area contributed by atoms with Crippen LogP contribution in [-0.4, -0.2) is 112 Å². The predicted molar refractivity (Wildman–Crippen MR) is 179 cm³/mol. The fourth-order valence-corrected chi connectivity index (χ4v) is 6.09. The number of ether oxygens (including phenoxy) is 1. The molecular formula is C35H41F6N5O6. The lowest BCUT2D eigenvalue weighted by molar-refractivity contribution is -0.274. The molecular weight excluding hydrogens is 700 g/mol. The number of nitrogens with one attached hydrogen (secondary N) is 1. The quantitative estimate of drug-likeness (QED) is 0.222. The van der Waals surface area contributed by atoms with E-state index >= 15 is 0 Å². The molecule has 3 heterocycles. The Morgan fingerprint density at radius 2 is 1.56 bits per heavy atom. The van der Waals surface area contributed by atoms with Crippen molar-refractivity contribution in [3.8, 4) is 28.0 Å². The number of aliphatic carboxylic acids is 1. The number of carboxylic acids is 1. The Balaban J connectivity index is 0.000000785. The van der Waals surface area contributed by atoms with Gasteiger partial charge in [0.1, 0.15) is 11.4 Å². The van der Waals surface area contributed by atoms with E-state index in [2.05, 4.69) is 26.9 Å². The van der Waals surface area contributed by atoms with Crippen LogP contribution in [0.5, 0.6) is 5.75 Å². The van der Waals surface area contributed by atoms with Crippen LogP contribution in [0.4, 0.5) is 31.1 Å². The summed E-state index contributed by atoms with van der Waals surface area (Å²) in [7, 11) is 2.11. The van der Waals surface area contributed by atoms with E-state index in [9.17, 15) is 41.0 Å². The third-order valence-electron chi connectivity index (χ3n) is 8.73. The monoisotopic (exact) mass is 741 g/mol. The number of amides is 2. The molecule has 0 unspecified atom stereocenters. The number of fused-ring (bicyclic) bond motifs is 1. The van der Waals surface area contributed by atoms with Gasteiger partial charge in [-0.05, 0) is 63.1 Å². The van der Waals surface area contributed by atoms with Crippen molar-refractivity contribution in [1.82, 2.24) is 24.6 Å². The highest BCUT2D eigenvalue weighted by Gasteiger charge is 2.38. The first-order valence-electron chi connectivity index (χ1n) is 16.3. The summed E-state index contributed by atoms with van der Waals surface area (Å²) in [6.45, 7) is 10.7. The SMILES string of the molecule is CN1CCN(Cc2ccc(-c3c(-c4cccc(OC(F)(F)F)c4)cn4c3C(=O)NC[C@@H]4CCN(C(=O)O)C(C)(C)C)cc2)CC1.O=C(O)C(F)(F)F. The van der Waals surface area contributed by atoms with E-state index in [0.29, 0.717) is 28.8 Å². The second-order valence-electron chi connectivity index (χ2n) is 13.6. The summed E-state index contributed by atoms with van der Waals surface area (Å²) >= 11 is 0. The third kappa shape index (κ3) is 10.4. The van der Waals surface area contributed by atoms with E-state index in [4.69, 9.17) is 9.90 Å². The van der Waals surface area contributed by atoms with E-state index in [-0.39, 0.29) is 30.8 Å². The van der Waals surface area contributed by atoms with E-state index in [1.165, 1.54) is 23.1 Å². The van der Waals surface area contributed by atoms with Crippen molar-refractivity contribution >= 4 is 18.0 Å². The maximum atomic E-state index is 13.5. The number of carbonyl (C=O) groups excluding carboxylic acids is 1. The zero-order valence-corrected chi connectivity index (χ0v) is 29.0. The number of carboxylic acid groups (broad SMARTS) is 2. The number of carbonyl (C=O) groups is 3. The highest BCUT2D eigenvalue weighted by Crippen LogP contribution is 2.41. The summed E-state index contributed by atoms with van der Waals surface area (Å²) in [6.07, 6.45) is -8.75. The van der Waals surface area contributed by atoms with Gasteiger partial charge < -0.3 is 34.6 Å². The summed E-state index contributed by atoms with van der Waals surface area (Å²) in [5.41, 5.74) is 3.27. The van der Waals surface area contributed by atoms with E-state index in [1.54, 1.807) is 12.3 Å². The number of likely N-dealkylation sites (N-methyl/N-ethyl adjacent to an activating group) is 1. The molecule has 2 amide bonds. The van der Waals surface area contributed by atoms with Crippen LogP contribution in [0.25, 0.3) is 22.3 Å². The van der Waals surface area contributed by atoms with Gasteiger partial charge in [-0.3, -0.25) is 9.69 Å². The molecule has 52 heavy (non-hydrogen) atoms. The zero-order chi connectivity index (χ0) is 38.6. The fourth-order valence-electron chi connectivity index (χ4n) is 6.09. The normalized spacial score (nSPS) is 17.0. The van der Waals surface area contributed by atoms with Gasteiger partial charge in [0, 0.05) is 68.7 Å². The Morgan fingerprint density at radius 3 is 2.10 bits per heavy atom. The van der Waals surface area contributed by atoms with Crippen LogP contribution in [0.15, 0.2) is 54.7 Å². The lowest BCUT2D eigenvalue weighted by Crippen LogP contribution is -2.47. The number of hydrogen-bond acceptors (Lipinski definition) is 6. The molecule has 0 bridgehead atoms. The fraction of sp³-hybridized carbons (Fsp3) is 0.457. The van der Waals surface area contributed by atoms with Gasteiger partial charge in [-0.15, -0.1) is 13.2 Å². The van der Waals surface area contributed by atoms with Gasteiger partial charge in [0.05, 0.1) is 6.04 Å². The maximum Gasteiger partial charge on any atom is 0.573 e. The molecule has 3 aromatic rings. The van der Waals surface area contributed by atoms with Crippen LogP contribution in [-0.2, 0) is 11.3 Å². The second kappa shape index (κ2) is 15.9. The maximum absolute atomic E-state index is 13.5. The number of aromatic nitrogens is 1. The van der Waals surface area contributed by atoms with Crippen molar-refractivity contribution in [1.29, 1.82) is 0 Å². The zero-order valence-electron chi connectivity index (χ0n) is 29.0. The predicted octanol–water partition coefficient (Wildman–Crippen LogP) is 6.55. The Kier molecular flexibility index (Phi) is 12.2. The van der Waals surface area contributed by atoms with Crippen molar-refractivity contribution in [2.75, 3.05) is 46.3 Å². The average Bonchev–Trinajstić information content (AvgIpc) is 3.44. The number of halogens is 6. The number of rotatable bonds is 8. The molecule has 0 aliphatic carbocycles. The third-order valence-corrected chi connectivity index (χ3v) is 8.73. The molecule has 17 heteroatoms. The van der Waals surface area contributed by atoms with Gasteiger partial charge in [-0.25, -0.2) is 9.59 Å². The van der Waals surface area contributed by atoms with Crippen LogP contribution >= 0.6 is 0 Å². The topological polar surface area (TPSA) is 128 Å². The average molecular weight is 742 g/mol. The Labute approximate surface area is 296 Å². The van der Waals surface area contributed by atoms with Gasteiger partial charge in [-0.1, -0.05) is 36.4 Å². The minimum atomic E-state index is -5.08. The van der Waals surface area contributed by atoms with E-state index < -0.39 is 30.1 Å². The number of alkyl halides is 6. The molecule has 284 valence electrons. The van der Waals surface area contributed by atoms with Crippen molar-refractivity contribution in [2.24, 2.45) is 0 Å². The molecule has 1 atom stereocenters. The van der Waals surface area contributed by atoms with Crippen molar-refractivity contribution in [3.63, 3.8) is 0 Å². The lowest BCUT2D eigenvalue weighted by Gasteiger charge is -2.35. The Hall–Kier alpha value is -4.77. The van der Waals surface area contributed by atoms with Gasteiger partial charge in [0.2, 0.25) is 0 Å².